The van der Waals surface area contributed by atoms with Crippen molar-refractivity contribution in [3.63, 3.8) is 0 Å². The van der Waals surface area contributed by atoms with E-state index in [1.807, 2.05) is 30.5 Å². The van der Waals surface area contributed by atoms with Crippen LogP contribution in [0.25, 0.3) is 10.9 Å². The van der Waals surface area contributed by atoms with Crippen molar-refractivity contribution in [2.45, 2.75) is 26.2 Å². The van der Waals surface area contributed by atoms with Crippen molar-refractivity contribution in [2.75, 3.05) is 10.7 Å². The van der Waals surface area contributed by atoms with E-state index in [4.69, 9.17) is 17.3 Å². The van der Waals surface area contributed by atoms with Crippen molar-refractivity contribution in [1.82, 2.24) is 0 Å². The summed E-state index contributed by atoms with van der Waals surface area (Å²) in [7, 11) is 0. The number of pyridine rings is 1. The van der Waals surface area contributed by atoms with E-state index < -0.39 is 0 Å². The van der Waals surface area contributed by atoms with Gasteiger partial charge >= 0.3 is 0 Å². The number of nitrogen functional groups attached to an aromatic ring is 1. The second-order valence-corrected chi connectivity index (χ2v) is 4.85. The smallest absolute Gasteiger partial charge is 0.236 e. The van der Waals surface area contributed by atoms with Gasteiger partial charge in [0.05, 0.1) is 11.1 Å². The van der Waals surface area contributed by atoms with E-state index in [0.717, 1.165) is 41.5 Å². The maximum Gasteiger partial charge on any atom is 0.236 e. The molecule has 0 saturated carbocycles. The number of fused-ring (bicyclic) bond motifs is 1. The summed E-state index contributed by atoms with van der Waals surface area (Å²) in [6.07, 6.45) is 6.64. The molecule has 106 valence electrons. The number of nitrogens with zero attached hydrogens (tertiary/aromatic N) is 1. The van der Waals surface area contributed by atoms with Gasteiger partial charge in [0.1, 0.15) is 5.69 Å². The maximum absolute atomic E-state index is 6.11. The van der Waals surface area contributed by atoms with Crippen molar-refractivity contribution < 1.29 is 4.98 Å². The molecular weight excluding hydrogens is 250 g/mol. The fourth-order valence-corrected chi connectivity index (χ4v) is 2.15. The van der Waals surface area contributed by atoms with Gasteiger partial charge in [-0.15, -0.1) is 0 Å². The minimum Gasteiger partial charge on any atom is -0.401 e. The number of nitrogens with two attached hydrogens (primary N) is 3. The van der Waals surface area contributed by atoms with Crippen LogP contribution in [-0.2, 0) is 0 Å². The van der Waals surface area contributed by atoms with Gasteiger partial charge in [-0.2, -0.15) is 0 Å². The van der Waals surface area contributed by atoms with Crippen LogP contribution in [0.5, 0.6) is 0 Å². The van der Waals surface area contributed by atoms with Crippen LogP contribution < -0.4 is 27.3 Å². The molecule has 1 aromatic carbocycles. The molecule has 0 aliphatic carbocycles. The van der Waals surface area contributed by atoms with Gasteiger partial charge in [0.25, 0.3) is 0 Å². The fourth-order valence-electron chi connectivity index (χ4n) is 2.15. The Bertz CT molecular complexity index is 621. The second kappa shape index (κ2) is 6.25. The third-order valence-corrected chi connectivity index (χ3v) is 3.24. The number of anilines is 2. The Morgan fingerprint density at radius 2 is 2.15 bits per heavy atom. The van der Waals surface area contributed by atoms with Gasteiger partial charge in [0.2, 0.25) is 5.52 Å². The molecule has 0 spiro atoms. The number of hydrazine groups is 1. The Kier molecular flexibility index (Phi) is 4.42. The van der Waals surface area contributed by atoms with E-state index in [1.165, 1.54) is 0 Å². The number of aromatic amines is 1. The Morgan fingerprint density at radius 3 is 2.90 bits per heavy atom. The molecule has 5 nitrogen and oxygen atoms in total. The molecule has 0 atom stereocenters. The standard InChI is InChI=1S/C15H21N5/c1-2-3-5-11(16)10-20(18)14-8-7-13(17)15-12(14)6-4-9-19-15/h4,6-10H,2-3,5,16-18H2,1H3/p+1. The molecule has 0 fully saturated rings. The summed E-state index contributed by atoms with van der Waals surface area (Å²) in [5, 5.41) is 2.52. The number of H-pyrrole nitrogens is 1. The minimum absolute atomic E-state index is 0.695. The fraction of sp³-hybridized carbons (Fsp3) is 0.267. The van der Waals surface area contributed by atoms with E-state index >= 15 is 0 Å². The number of aromatic nitrogens is 1. The quantitative estimate of drug-likeness (QED) is 0.440. The largest absolute Gasteiger partial charge is 0.401 e. The van der Waals surface area contributed by atoms with Crippen LogP contribution >= 0.6 is 0 Å². The van der Waals surface area contributed by atoms with Crippen LogP contribution in [0.4, 0.5) is 11.4 Å². The van der Waals surface area contributed by atoms with Gasteiger partial charge in [-0.05, 0) is 31.0 Å². The van der Waals surface area contributed by atoms with E-state index in [9.17, 15) is 0 Å². The molecule has 0 amide bonds. The zero-order valence-corrected chi connectivity index (χ0v) is 11.8. The molecule has 0 aliphatic heterocycles. The summed E-state index contributed by atoms with van der Waals surface area (Å²) < 4.78 is 0. The average Bonchev–Trinajstić information content (AvgIpc) is 2.45. The molecular formula is C15H22N5+. The van der Waals surface area contributed by atoms with Gasteiger partial charge < -0.3 is 11.5 Å². The minimum atomic E-state index is 0.695. The first-order valence-electron chi connectivity index (χ1n) is 6.82. The molecule has 0 saturated heterocycles. The second-order valence-electron chi connectivity index (χ2n) is 4.85. The van der Waals surface area contributed by atoms with Gasteiger partial charge in [-0.25, -0.2) is 10.8 Å². The SMILES string of the molecule is CCCCC(N)=CN(N)c1ccc(N)c2[nH+]cccc12. The van der Waals surface area contributed by atoms with Crippen LogP contribution in [-0.4, -0.2) is 0 Å². The van der Waals surface area contributed by atoms with Crippen molar-refractivity contribution in [2.24, 2.45) is 11.6 Å². The summed E-state index contributed by atoms with van der Waals surface area (Å²) >= 11 is 0. The van der Waals surface area contributed by atoms with Crippen LogP contribution in [0.2, 0.25) is 0 Å². The summed E-state index contributed by atoms with van der Waals surface area (Å²) in [5.41, 5.74) is 15.2. The Labute approximate surface area is 119 Å². The summed E-state index contributed by atoms with van der Waals surface area (Å²) in [5.74, 6) is 6.11. The number of benzene rings is 1. The van der Waals surface area contributed by atoms with Crippen molar-refractivity contribution in [3.05, 3.63) is 42.4 Å². The van der Waals surface area contributed by atoms with E-state index in [-0.39, 0.29) is 0 Å². The van der Waals surface area contributed by atoms with Crippen LogP contribution in [0.15, 0.2) is 42.4 Å². The highest BCUT2D eigenvalue weighted by Crippen LogP contribution is 2.27. The average molecular weight is 272 g/mol. The first-order chi connectivity index (χ1) is 9.63. The highest BCUT2D eigenvalue weighted by atomic mass is 15.4. The zero-order chi connectivity index (χ0) is 14.5. The number of unbranched alkanes of at least 4 members (excludes halogenated alkanes) is 1. The number of allylic oxidation sites excluding steroid dienone is 1. The number of rotatable bonds is 5. The van der Waals surface area contributed by atoms with Crippen molar-refractivity contribution >= 4 is 22.3 Å². The maximum atomic E-state index is 6.11. The molecule has 20 heavy (non-hydrogen) atoms. The Morgan fingerprint density at radius 1 is 1.35 bits per heavy atom. The molecule has 1 heterocycles. The van der Waals surface area contributed by atoms with Gasteiger partial charge in [0, 0.05) is 18.0 Å². The molecule has 0 bridgehead atoms. The highest BCUT2D eigenvalue weighted by Gasteiger charge is 2.11. The molecule has 0 radical (unpaired) electrons. The van der Waals surface area contributed by atoms with Crippen molar-refractivity contribution in [3.8, 4) is 0 Å². The predicted molar refractivity (Wildman–Crippen MR) is 83.4 cm³/mol. The molecule has 5 heteroatoms. The number of nitrogens with one attached hydrogen (secondary N) is 1. The molecule has 7 N–H and O–H groups in total. The molecule has 1 aromatic heterocycles. The molecule has 0 aliphatic rings. The molecule has 2 rings (SSSR count). The van der Waals surface area contributed by atoms with E-state index in [0.29, 0.717) is 5.69 Å². The predicted octanol–water partition coefficient (Wildman–Crippen LogP) is 1.91. The lowest BCUT2D eigenvalue weighted by Crippen LogP contribution is -2.26. The van der Waals surface area contributed by atoms with Gasteiger partial charge in [0.15, 0.2) is 6.20 Å². The van der Waals surface area contributed by atoms with Gasteiger partial charge in [-0.3, -0.25) is 5.01 Å². The highest BCUT2D eigenvalue weighted by molar-refractivity contribution is 5.96. The first-order valence-corrected chi connectivity index (χ1v) is 6.82. The first kappa shape index (κ1) is 14.1. The van der Waals surface area contributed by atoms with Crippen LogP contribution in [0.1, 0.15) is 26.2 Å². The topological polar surface area (TPSA) is 95.4 Å². The Hall–Kier alpha value is -2.27. The van der Waals surface area contributed by atoms with E-state index in [1.54, 1.807) is 11.2 Å². The summed E-state index contributed by atoms with van der Waals surface area (Å²) in [6.45, 7) is 2.14. The monoisotopic (exact) mass is 272 g/mol. The lowest BCUT2D eigenvalue weighted by molar-refractivity contribution is -0.344. The third-order valence-electron chi connectivity index (χ3n) is 3.24. The number of hydrogen-bond donors (Lipinski definition) is 3. The number of hydrogen-bond acceptors (Lipinski definition) is 4. The van der Waals surface area contributed by atoms with Crippen LogP contribution in [0, 0.1) is 0 Å². The third kappa shape index (κ3) is 3.00. The zero-order valence-electron chi connectivity index (χ0n) is 11.8. The summed E-state index contributed by atoms with van der Waals surface area (Å²) in [6, 6.07) is 7.63. The molecule has 2 aromatic rings. The lowest BCUT2D eigenvalue weighted by Gasteiger charge is -2.16. The van der Waals surface area contributed by atoms with E-state index in [2.05, 4.69) is 11.9 Å². The van der Waals surface area contributed by atoms with Gasteiger partial charge in [-0.1, -0.05) is 13.3 Å². The molecule has 0 unspecified atom stereocenters. The van der Waals surface area contributed by atoms with Crippen molar-refractivity contribution in [1.29, 1.82) is 0 Å². The Balaban J connectivity index is 2.35. The van der Waals surface area contributed by atoms with Crippen LogP contribution in [0.3, 0.4) is 0 Å². The normalized spacial score (nSPS) is 11.8. The summed E-state index contributed by atoms with van der Waals surface area (Å²) in [4.78, 5) is 3.14. The lowest BCUT2D eigenvalue weighted by atomic mass is 10.1.